The second-order valence-corrected chi connectivity index (χ2v) is 6.49. The Balaban J connectivity index is 1.87. The number of aromatic nitrogens is 3. The number of ether oxygens (including phenoxy) is 1. The van der Waals surface area contributed by atoms with Crippen molar-refractivity contribution in [2.75, 3.05) is 13.7 Å². The standard InChI is InChI=1S/C18H26N4O2/c1-5-18(6-2)13(12-14(18)24-7-3)21(4)17(23)15-16-20-9-11-22(16)10-8-19-15/h8-11,13-14H,5-7,12H2,1-4H3. The van der Waals surface area contributed by atoms with E-state index in [9.17, 15) is 4.79 Å². The molecular formula is C18H26N4O2. The zero-order valence-electron chi connectivity index (χ0n) is 14.9. The Morgan fingerprint density at radius 1 is 1.29 bits per heavy atom. The lowest BCUT2D eigenvalue weighted by Gasteiger charge is -2.58. The fraction of sp³-hybridized carbons (Fsp3) is 0.611. The number of nitrogens with zero attached hydrogens (tertiary/aromatic N) is 4. The average Bonchev–Trinajstić information content (AvgIpc) is 3.07. The van der Waals surface area contributed by atoms with Crippen molar-refractivity contribution in [1.29, 1.82) is 0 Å². The maximum atomic E-state index is 13.0. The molecule has 1 amide bonds. The van der Waals surface area contributed by atoms with Crippen LogP contribution >= 0.6 is 0 Å². The highest BCUT2D eigenvalue weighted by molar-refractivity contribution is 5.97. The van der Waals surface area contributed by atoms with E-state index >= 15 is 0 Å². The van der Waals surface area contributed by atoms with Gasteiger partial charge in [0, 0.05) is 49.9 Å². The molecule has 0 saturated heterocycles. The van der Waals surface area contributed by atoms with Crippen molar-refractivity contribution in [3.05, 3.63) is 30.5 Å². The molecule has 2 aromatic heterocycles. The summed E-state index contributed by atoms with van der Waals surface area (Å²) in [6, 6.07) is 0.175. The van der Waals surface area contributed by atoms with Crippen LogP contribution in [0.2, 0.25) is 0 Å². The van der Waals surface area contributed by atoms with Gasteiger partial charge in [0.15, 0.2) is 11.3 Å². The van der Waals surface area contributed by atoms with E-state index in [0.29, 0.717) is 17.9 Å². The minimum absolute atomic E-state index is 0.0287. The molecule has 0 bridgehead atoms. The molecule has 3 rings (SSSR count). The summed E-state index contributed by atoms with van der Waals surface area (Å²) in [6.07, 6.45) is 10.1. The second kappa shape index (κ2) is 6.51. The molecule has 24 heavy (non-hydrogen) atoms. The number of amides is 1. The largest absolute Gasteiger partial charge is 0.378 e. The maximum Gasteiger partial charge on any atom is 0.276 e. The first-order chi connectivity index (χ1) is 11.6. The minimum Gasteiger partial charge on any atom is -0.378 e. The van der Waals surface area contributed by atoms with Crippen molar-refractivity contribution in [3.63, 3.8) is 0 Å². The fourth-order valence-corrected chi connectivity index (χ4v) is 4.20. The Hall–Kier alpha value is -1.95. The van der Waals surface area contributed by atoms with Crippen molar-refractivity contribution in [2.24, 2.45) is 5.41 Å². The number of carbonyl (C=O) groups is 1. The molecule has 2 aromatic rings. The molecule has 1 fully saturated rings. The number of fused-ring (bicyclic) bond motifs is 1. The van der Waals surface area contributed by atoms with E-state index in [1.807, 2.05) is 29.5 Å². The molecular weight excluding hydrogens is 304 g/mol. The van der Waals surface area contributed by atoms with E-state index in [0.717, 1.165) is 19.3 Å². The lowest BCUT2D eigenvalue weighted by Crippen LogP contribution is -2.64. The van der Waals surface area contributed by atoms with Crippen molar-refractivity contribution in [2.45, 2.75) is 52.2 Å². The van der Waals surface area contributed by atoms with Crippen molar-refractivity contribution in [1.82, 2.24) is 19.3 Å². The second-order valence-electron chi connectivity index (χ2n) is 6.49. The van der Waals surface area contributed by atoms with E-state index in [-0.39, 0.29) is 23.5 Å². The molecule has 2 heterocycles. The molecule has 6 nitrogen and oxygen atoms in total. The molecule has 0 aromatic carbocycles. The Bertz CT molecular complexity index is 723. The van der Waals surface area contributed by atoms with Crippen LogP contribution in [0, 0.1) is 5.41 Å². The van der Waals surface area contributed by atoms with Crippen molar-refractivity contribution in [3.8, 4) is 0 Å². The van der Waals surface area contributed by atoms with Crippen LogP contribution in [0.25, 0.3) is 5.65 Å². The smallest absolute Gasteiger partial charge is 0.276 e. The monoisotopic (exact) mass is 330 g/mol. The van der Waals surface area contributed by atoms with Crippen LogP contribution in [0.3, 0.4) is 0 Å². The molecule has 0 radical (unpaired) electrons. The van der Waals surface area contributed by atoms with Gasteiger partial charge in [-0.15, -0.1) is 0 Å². The summed E-state index contributed by atoms with van der Waals surface area (Å²) in [5.74, 6) is -0.0713. The van der Waals surface area contributed by atoms with Gasteiger partial charge >= 0.3 is 0 Å². The summed E-state index contributed by atoms with van der Waals surface area (Å²) in [5.41, 5.74) is 1.04. The first-order valence-electron chi connectivity index (χ1n) is 8.75. The van der Waals surface area contributed by atoms with Gasteiger partial charge in [-0.3, -0.25) is 4.79 Å². The molecule has 1 aliphatic rings. The van der Waals surface area contributed by atoms with Gasteiger partial charge in [0.25, 0.3) is 5.91 Å². The topological polar surface area (TPSA) is 59.7 Å². The summed E-state index contributed by atoms with van der Waals surface area (Å²) < 4.78 is 7.75. The lowest BCUT2D eigenvalue weighted by atomic mass is 9.58. The molecule has 1 saturated carbocycles. The molecule has 2 atom stereocenters. The highest BCUT2D eigenvalue weighted by atomic mass is 16.5. The van der Waals surface area contributed by atoms with Gasteiger partial charge in [0.05, 0.1) is 6.10 Å². The first-order valence-corrected chi connectivity index (χ1v) is 8.75. The number of imidazole rings is 1. The van der Waals surface area contributed by atoms with Crippen LogP contribution in [0.4, 0.5) is 0 Å². The average molecular weight is 330 g/mol. The summed E-state index contributed by atoms with van der Waals surface area (Å²) in [4.78, 5) is 23.5. The summed E-state index contributed by atoms with van der Waals surface area (Å²) in [7, 11) is 1.88. The Labute approximate surface area is 142 Å². The summed E-state index contributed by atoms with van der Waals surface area (Å²) >= 11 is 0. The Kier molecular flexibility index (Phi) is 4.58. The van der Waals surface area contributed by atoms with Crippen molar-refractivity contribution >= 4 is 11.6 Å². The number of hydrogen-bond acceptors (Lipinski definition) is 4. The van der Waals surface area contributed by atoms with E-state index in [1.54, 1.807) is 18.6 Å². The quantitative estimate of drug-likeness (QED) is 0.817. The number of rotatable bonds is 6. The van der Waals surface area contributed by atoms with Crippen LogP contribution < -0.4 is 0 Å². The van der Waals surface area contributed by atoms with Gasteiger partial charge in [-0.1, -0.05) is 13.8 Å². The molecule has 1 aliphatic carbocycles. The summed E-state index contributed by atoms with van der Waals surface area (Å²) in [5, 5.41) is 0. The molecule has 130 valence electrons. The van der Waals surface area contributed by atoms with E-state index < -0.39 is 0 Å². The Morgan fingerprint density at radius 2 is 1.96 bits per heavy atom. The van der Waals surface area contributed by atoms with Gasteiger partial charge < -0.3 is 14.0 Å². The van der Waals surface area contributed by atoms with Crippen LogP contribution in [0.1, 0.15) is 50.5 Å². The van der Waals surface area contributed by atoms with Gasteiger partial charge in [0.2, 0.25) is 0 Å². The highest BCUT2D eigenvalue weighted by Gasteiger charge is 2.56. The maximum absolute atomic E-state index is 13.0. The zero-order valence-corrected chi connectivity index (χ0v) is 14.9. The Morgan fingerprint density at radius 3 is 2.58 bits per heavy atom. The number of hydrogen-bond donors (Lipinski definition) is 0. The van der Waals surface area contributed by atoms with Crippen LogP contribution in [0.5, 0.6) is 0 Å². The van der Waals surface area contributed by atoms with Crippen molar-refractivity contribution < 1.29 is 9.53 Å². The number of carbonyl (C=O) groups excluding carboxylic acids is 1. The normalized spacial score (nSPS) is 22.3. The summed E-state index contributed by atoms with van der Waals surface area (Å²) in [6.45, 7) is 7.12. The van der Waals surface area contributed by atoms with Gasteiger partial charge in [0.1, 0.15) is 0 Å². The highest BCUT2D eigenvalue weighted by Crippen LogP contribution is 2.51. The third-order valence-corrected chi connectivity index (χ3v) is 5.73. The minimum atomic E-state index is -0.0713. The van der Waals surface area contributed by atoms with E-state index in [2.05, 4.69) is 23.8 Å². The van der Waals surface area contributed by atoms with E-state index in [4.69, 9.17) is 4.74 Å². The molecule has 6 heteroatoms. The van der Waals surface area contributed by atoms with Gasteiger partial charge in [-0.25, -0.2) is 9.97 Å². The lowest BCUT2D eigenvalue weighted by molar-refractivity contribution is -0.159. The van der Waals surface area contributed by atoms with E-state index in [1.165, 1.54) is 0 Å². The fourth-order valence-electron chi connectivity index (χ4n) is 4.20. The third-order valence-electron chi connectivity index (χ3n) is 5.73. The molecule has 2 unspecified atom stereocenters. The van der Waals surface area contributed by atoms with Crippen LogP contribution in [0.15, 0.2) is 24.8 Å². The zero-order chi connectivity index (χ0) is 17.3. The van der Waals surface area contributed by atoms with Gasteiger partial charge in [-0.05, 0) is 26.2 Å². The van der Waals surface area contributed by atoms with Crippen LogP contribution in [-0.2, 0) is 4.74 Å². The van der Waals surface area contributed by atoms with Crippen LogP contribution in [-0.4, -0.2) is 51.0 Å². The molecule has 0 N–H and O–H groups in total. The first kappa shape index (κ1) is 16.9. The third kappa shape index (κ3) is 2.40. The predicted octanol–water partition coefficient (Wildman–Crippen LogP) is 2.79. The molecule has 0 aliphatic heterocycles. The molecule has 0 spiro atoms. The SMILES string of the molecule is CCOC1CC(N(C)C(=O)c2nccn3ccnc23)C1(CC)CC. The predicted molar refractivity (Wildman–Crippen MR) is 91.9 cm³/mol. The van der Waals surface area contributed by atoms with Gasteiger partial charge in [-0.2, -0.15) is 0 Å².